The highest BCUT2D eigenvalue weighted by Crippen LogP contribution is 2.25. The number of carboxylic acid groups (broad SMARTS) is 1. The lowest BCUT2D eigenvalue weighted by atomic mass is 9.86. The summed E-state index contributed by atoms with van der Waals surface area (Å²) in [5.74, 6) is -1.31. The molecule has 1 unspecified atom stereocenters. The van der Waals surface area contributed by atoms with Crippen molar-refractivity contribution in [1.29, 1.82) is 0 Å². The highest BCUT2D eigenvalue weighted by Gasteiger charge is 2.40. The van der Waals surface area contributed by atoms with Crippen LogP contribution in [0.2, 0.25) is 0 Å². The molecule has 0 spiro atoms. The molecule has 24 heavy (non-hydrogen) atoms. The molecule has 1 heterocycles. The van der Waals surface area contributed by atoms with Gasteiger partial charge in [0.25, 0.3) is 0 Å². The Labute approximate surface area is 144 Å². The van der Waals surface area contributed by atoms with Gasteiger partial charge in [0.1, 0.15) is 12.1 Å². The zero-order chi connectivity index (χ0) is 19.1. The smallest absolute Gasteiger partial charge is 0.326 e. The SMILES string of the molecule is CC(C)(C)[C@H](NC=O)C(=O)N1CCCC1C(=O)O.COC(C)(C)C. The molecule has 2 N–H and O–H groups in total. The van der Waals surface area contributed by atoms with E-state index in [-0.39, 0.29) is 11.5 Å². The van der Waals surface area contributed by atoms with Crippen molar-refractivity contribution in [3.8, 4) is 0 Å². The summed E-state index contributed by atoms with van der Waals surface area (Å²) in [6, 6.07) is -1.47. The molecule has 0 aliphatic carbocycles. The molecule has 1 saturated heterocycles. The fraction of sp³-hybridized carbons (Fsp3) is 0.824. The number of ether oxygens (including phenoxy) is 1. The Morgan fingerprint density at radius 3 is 2.08 bits per heavy atom. The van der Waals surface area contributed by atoms with Crippen molar-refractivity contribution in [1.82, 2.24) is 10.2 Å². The van der Waals surface area contributed by atoms with Gasteiger partial charge in [0, 0.05) is 13.7 Å². The van der Waals surface area contributed by atoms with Crippen LogP contribution in [0.1, 0.15) is 54.4 Å². The Morgan fingerprint density at radius 1 is 1.25 bits per heavy atom. The second-order valence-corrected chi connectivity index (χ2v) is 7.93. The number of rotatable bonds is 4. The molecule has 7 nitrogen and oxygen atoms in total. The highest BCUT2D eigenvalue weighted by atomic mass is 16.5. The predicted octanol–water partition coefficient (Wildman–Crippen LogP) is 1.65. The van der Waals surface area contributed by atoms with Gasteiger partial charge in [-0.25, -0.2) is 4.79 Å². The van der Waals surface area contributed by atoms with Gasteiger partial charge in [-0.2, -0.15) is 0 Å². The molecule has 140 valence electrons. The average Bonchev–Trinajstić information content (AvgIpc) is 2.92. The normalized spacial score (nSPS) is 19.1. The molecule has 0 aromatic heterocycles. The van der Waals surface area contributed by atoms with Crippen LogP contribution in [0.3, 0.4) is 0 Å². The van der Waals surface area contributed by atoms with E-state index in [2.05, 4.69) is 5.32 Å². The first kappa shape index (κ1) is 22.4. The van der Waals surface area contributed by atoms with Crippen LogP contribution in [0.15, 0.2) is 0 Å². The van der Waals surface area contributed by atoms with E-state index in [4.69, 9.17) is 9.84 Å². The maximum Gasteiger partial charge on any atom is 0.326 e. The Bertz CT molecular complexity index is 437. The zero-order valence-corrected chi connectivity index (χ0v) is 15.9. The summed E-state index contributed by atoms with van der Waals surface area (Å²) in [6.07, 6.45) is 1.64. The molecule has 0 aromatic rings. The number of nitrogens with one attached hydrogen (secondary N) is 1. The molecule has 0 bridgehead atoms. The molecule has 1 fully saturated rings. The van der Waals surface area contributed by atoms with Gasteiger partial charge < -0.3 is 20.1 Å². The van der Waals surface area contributed by atoms with Crippen molar-refractivity contribution < 1.29 is 24.2 Å². The number of carbonyl (C=O) groups is 3. The van der Waals surface area contributed by atoms with Gasteiger partial charge in [0.05, 0.1) is 5.60 Å². The van der Waals surface area contributed by atoms with Crippen LogP contribution < -0.4 is 5.32 Å². The van der Waals surface area contributed by atoms with Gasteiger partial charge in [-0.15, -0.1) is 0 Å². The Kier molecular flexibility index (Phi) is 8.40. The lowest BCUT2D eigenvalue weighted by molar-refractivity contribution is -0.150. The number of amides is 2. The standard InChI is InChI=1S/C12H20N2O4.C5H12O/c1-12(2,3)9(13-7-15)10(16)14-6-4-5-8(14)11(17)18;1-5(2,3)6-4/h7-9H,4-6H2,1-3H3,(H,13,15)(H,17,18);1-4H3/t8?,9-;/m1./s1. The molecular weight excluding hydrogens is 312 g/mol. The number of hydrogen-bond donors (Lipinski definition) is 2. The quantitative estimate of drug-likeness (QED) is 0.756. The average molecular weight is 344 g/mol. The van der Waals surface area contributed by atoms with Crippen molar-refractivity contribution in [3.05, 3.63) is 0 Å². The molecule has 0 aromatic carbocycles. The van der Waals surface area contributed by atoms with Gasteiger partial charge in [0.2, 0.25) is 12.3 Å². The van der Waals surface area contributed by atoms with Crippen molar-refractivity contribution >= 4 is 18.3 Å². The number of aliphatic carboxylic acids is 1. The maximum atomic E-state index is 12.3. The maximum absolute atomic E-state index is 12.3. The van der Waals surface area contributed by atoms with E-state index in [9.17, 15) is 14.4 Å². The second kappa shape index (κ2) is 9.01. The highest BCUT2D eigenvalue weighted by molar-refractivity contribution is 5.89. The number of methoxy groups -OCH3 is 1. The van der Waals surface area contributed by atoms with E-state index in [1.807, 2.05) is 41.5 Å². The largest absolute Gasteiger partial charge is 0.480 e. The minimum absolute atomic E-state index is 0.0417. The molecular formula is C17H32N2O5. The van der Waals surface area contributed by atoms with E-state index >= 15 is 0 Å². The van der Waals surface area contributed by atoms with Crippen molar-refractivity contribution in [3.63, 3.8) is 0 Å². The Hall–Kier alpha value is -1.63. The third-order valence-electron chi connectivity index (χ3n) is 3.78. The van der Waals surface area contributed by atoms with Gasteiger partial charge in [-0.3, -0.25) is 9.59 Å². The Balaban J connectivity index is 0.000000754. The van der Waals surface area contributed by atoms with Crippen molar-refractivity contribution in [2.24, 2.45) is 5.41 Å². The van der Waals surface area contributed by atoms with Gasteiger partial charge >= 0.3 is 5.97 Å². The van der Waals surface area contributed by atoms with Gasteiger partial charge in [0.15, 0.2) is 0 Å². The van der Waals surface area contributed by atoms with E-state index in [1.165, 1.54) is 4.90 Å². The summed E-state index contributed by atoms with van der Waals surface area (Å²) in [4.78, 5) is 35.4. The molecule has 7 heteroatoms. The van der Waals surface area contributed by atoms with Crippen LogP contribution in [-0.2, 0) is 19.1 Å². The molecule has 1 aliphatic rings. The van der Waals surface area contributed by atoms with Crippen LogP contribution in [0, 0.1) is 5.41 Å². The summed E-state index contributed by atoms with van der Waals surface area (Å²) in [5, 5.41) is 11.6. The van der Waals surface area contributed by atoms with Gasteiger partial charge in [-0.1, -0.05) is 20.8 Å². The predicted molar refractivity (Wildman–Crippen MR) is 91.6 cm³/mol. The van der Waals surface area contributed by atoms with Crippen molar-refractivity contribution in [2.75, 3.05) is 13.7 Å². The molecule has 1 rings (SSSR count). The first-order chi connectivity index (χ1) is 10.8. The third kappa shape index (κ3) is 7.29. The number of carbonyl (C=O) groups excluding carboxylic acids is 2. The number of nitrogens with zero attached hydrogens (tertiary/aromatic N) is 1. The summed E-state index contributed by atoms with van der Waals surface area (Å²) in [6.45, 7) is 12.0. The summed E-state index contributed by atoms with van der Waals surface area (Å²) in [7, 11) is 1.71. The van der Waals surface area contributed by atoms with E-state index in [1.54, 1.807) is 7.11 Å². The van der Waals surface area contributed by atoms with E-state index in [0.29, 0.717) is 25.8 Å². The van der Waals surface area contributed by atoms with Crippen LogP contribution >= 0.6 is 0 Å². The van der Waals surface area contributed by atoms with E-state index < -0.39 is 23.5 Å². The second-order valence-electron chi connectivity index (χ2n) is 7.93. The van der Waals surface area contributed by atoms with Crippen molar-refractivity contribution in [2.45, 2.75) is 72.1 Å². The molecule has 2 atom stereocenters. The fourth-order valence-electron chi connectivity index (χ4n) is 2.21. The molecule has 0 saturated carbocycles. The zero-order valence-electron chi connectivity index (χ0n) is 15.9. The number of likely N-dealkylation sites (tertiary alicyclic amines) is 1. The third-order valence-corrected chi connectivity index (χ3v) is 3.78. The summed E-state index contributed by atoms with van der Waals surface area (Å²) < 4.78 is 4.94. The lowest BCUT2D eigenvalue weighted by Gasteiger charge is -2.33. The van der Waals surface area contributed by atoms with E-state index in [0.717, 1.165) is 0 Å². The first-order valence-corrected chi connectivity index (χ1v) is 8.13. The van der Waals surface area contributed by atoms with Crippen LogP contribution in [0.25, 0.3) is 0 Å². The Morgan fingerprint density at radius 2 is 1.75 bits per heavy atom. The number of carboxylic acids is 1. The van der Waals surface area contributed by atoms with Crippen LogP contribution in [-0.4, -0.2) is 59.6 Å². The fourth-order valence-corrected chi connectivity index (χ4v) is 2.21. The molecule has 1 aliphatic heterocycles. The minimum Gasteiger partial charge on any atom is -0.480 e. The summed E-state index contributed by atoms with van der Waals surface area (Å²) >= 11 is 0. The first-order valence-electron chi connectivity index (χ1n) is 8.13. The summed E-state index contributed by atoms with van der Waals surface area (Å²) in [5.41, 5.74) is -0.413. The van der Waals surface area contributed by atoms with Crippen LogP contribution in [0.5, 0.6) is 0 Å². The monoisotopic (exact) mass is 344 g/mol. The minimum atomic E-state index is -0.986. The lowest BCUT2D eigenvalue weighted by Crippen LogP contribution is -2.55. The number of hydrogen-bond acceptors (Lipinski definition) is 4. The van der Waals surface area contributed by atoms with Crippen LogP contribution in [0.4, 0.5) is 0 Å². The topological polar surface area (TPSA) is 95.9 Å². The molecule has 2 amide bonds. The molecule has 0 radical (unpaired) electrons. The van der Waals surface area contributed by atoms with Gasteiger partial charge in [-0.05, 0) is 39.0 Å².